The van der Waals surface area contributed by atoms with Gasteiger partial charge in [-0.05, 0) is 18.9 Å². The highest BCUT2D eigenvalue weighted by atomic mass is 16.6. The van der Waals surface area contributed by atoms with Gasteiger partial charge < -0.3 is 10.8 Å². The summed E-state index contributed by atoms with van der Waals surface area (Å²) in [6.07, 6.45) is 0.442. The molecule has 0 aliphatic carbocycles. The molecular weight excluding hydrogens is 196 g/mol. The highest BCUT2D eigenvalue weighted by Crippen LogP contribution is 2.19. The summed E-state index contributed by atoms with van der Waals surface area (Å²) in [6.45, 7) is 1.57. The molecule has 82 valence electrons. The normalized spacial score (nSPS) is 12.5. The molecule has 5 nitrogen and oxygen atoms in total. The number of rotatable bonds is 4. The average Bonchev–Trinajstić information content (AvgIpc) is 2.20. The van der Waals surface area contributed by atoms with E-state index in [2.05, 4.69) is 0 Å². The molecule has 0 saturated heterocycles. The number of aliphatic hydroxyl groups excluding tert-OH is 1. The van der Waals surface area contributed by atoms with Gasteiger partial charge in [-0.1, -0.05) is 12.1 Å². The number of hydrogen-bond donors (Lipinski definition) is 2. The summed E-state index contributed by atoms with van der Waals surface area (Å²) in [4.78, 5) is 10.2. The summed E-state index contributed by atoms with van der Waals surface area (Å²) >= 11 is 0. The number of nitrogens with two attached hydrogens (primary N) is 1. The standard InChI is InChI=1S/C10H14N2O3/c1-7-2-3-8(4-9(11)6-13)5-10(7)12(14)15/h2-3,5,9,13H,4,6,11H2,1H3. The van der Waals surface area contributed by atoms with Gasteiger partial charge in [0.2, 0.25) is 0 Å². The Labute approximate surface area is 87.7 Å². The van der Waals surface area contributed by atoms with Gasteiger partial charge in [0.05, 0.1) is 11.5 Å². The van der Waals surface area contributed by atoms with Crippen molar-refractivity contribution >= 4 is 5.69 Å². The van der Waals surface area contributed by atoms with Crippen molar-refractivity contribution in [2.75, 3.05) is 6.61 Å². The number of benzene rings is 1. The van der Waals surface area contributed by atoms with Gasteiger partial charge in [-0.25, -0.2) is 0 Å². The van der Waals surface area contributed by atoms with Crippen molar-refractivity contribution in [1.82, 2.24) is 0 Å². The average molecular weight is 210 g/mol. The fourth-order valence-electron chi connectivity index (χ4n) is 1.35. The third-order valence-electron chi connectivity index (χ3n) is 2.20. The summed E-state index contributed by atoms with van der Waals surface area (Å²) < 4.78 is 0. The maximum Gasteiger partial charge on any atom is 0.272 e. The van der Waals surface area contributed by atoms with Crippen LogP contribution in [0.25, 0.3) is 0 Å². The van der Waals surface area contributed by atoms with Crippen LogP contribution in [-0.4, -0.2) is 22.7 Å². The lowest BCUT2D eigenvalue weighted by atomic mass is 10.0. The largest absolute Gasteiger partial charge is 0.395 e. The zero-order valence-electron chi connectivity index (χ0n) is 8.51. The van der Waals surface area contributed by atoms with Gasteiger partial charge in [0.15, 0.2) is 0 Å². The Morgan fingerprint density at radius 1 is 1.60 bits per heavy atom. The summed E-state index contributed by atoms with van der Waals surface area (Å²) in [7, 11) is 0. The minimum absolute atomic E-state index is 0.0950. The fraction of sp³-hybridized carbons (Fsp3) is 0.400. The van der Waals surface area contributed by atoms with Crippen LogP contribution in [0.3, 0.4) is 0 Å². The number of aliphatic hydroxyl groups is 1. The van der Waals surface area contributed by atoms with Crippen molar-refractivity contribution in [3.05, 3.63) is 39.4 Å². The number of nitro benzene ring substituents is 1. The quantitative estimate of drug-likeness (QED) is 0.567. The van der Waals surface area contributed by atoms with Gasteiger partial charge in [0.1, 0.15) is 0 Å². The molecule has 0 saturated carbocycles. The maximum atomic E-state index is 10.7. The number of hydrogen-bond acceptors (Lipinski definition) is 4. The monoisotopic (exact) mass is 210 g/mol. The smallest absolute Gasteiger partial charge is 0.272 e. The molecule has 0 aromatic heterocycles. The van der Waals surface area contributed by atoms with E-state index in [0.717, 1.165) is 5.56 Å². The predicted molar refractivity (Wildman–Crippen MR) is 56.6 cm³/mol. The molecule has 0 radical (unpaired) electrons. The molecule has 1 aromatic rings. The summed E-state index contributed by atoms with van der Waals surface area (Å²) in [5.74, 6) is 0. The van der Waals surface area contributed by atoms with Crippen LogP contribution in [0.15, 0.2) is 18.2 Å². The molecule has 1 atom stereocenters. The van der Waals surface area contributed by atoms with Crippen molar-refractivity contribution in [2.45, 2.75) is 19.4 Å². The molecule has 1 rings (SSSR count). The lowest BCUT2D eigenvalue weighted by Crippen LogP contribution is -2.26. The molecule has 0 amide bonds. The maximum absolute atomic E-state index is 10.7. The fourth-order valence-corrected chi connectivity index (χ4v) is 1.35. The van der Waals surface area contributed by atoms with E-state index >= 15 is 0 Å². The van der Waals surface area contributed by atoms with Crippen LogP contribution in [0.4, 0.5) is 5.69 Å². The summed E-state index contributed by atoms with van der Waals surface area (Å²) in [5, 5.41) is 19.4. The Hall–Kier alpha value is -1.46. The second kappa shape index (κ2) is 4.86. The molecule has 0 heterocycles. The van der Waals surface area contributed by atoms with E-state index in [0.29, 0.717) is 12.0 Å². The van der Waals surface area contributed by atoms with Crippen LogP contribution in [-0.2, 0) is 6.42 Å². The molecule has 0 bridgehead atoms. The Morgan fingerprint density at radius 3 is 2.80 bits per heavy atom. The summed E-state index contributed by atoms with van der Waals surface area (Å²) in [6, 6.07) is 4.62. The van der Waals surface area contributed by atoms with Crippen LogP contribution in [0.2, 0.25) is 0 Å². The van der Waals surface area contributed by atoms with Gasteiger partial charge >= 0.3 is 0 Å². The first kappa shape index (κ1) is 11.6. The zero-order chi connectivity index (χ0) is 11.4. The third-order valence-corrected chi connectivity index (χ3v) is 2.20. The first-order chi connectivity index (χ1) is 7.04. The predicted octanol–water partition coefficient (Wildman–Crippen LogP) is 0.765. The molecule has 15 heavy (non-hydrogen) atoms. The molecule has 5 heteroatoms. The molecule has 3 N–H and O–H groups in total. The molecule has 0 aliphatic heterocycles. The molecule has 1 aromatic carbocycles. The van der Waals surface area contributed by atoms with E-state index in [-0.39, 0.29) is 18.3 Å². The highest BCUT2D eigenvalue weighted by Gasteiger charge is 2.12. The van der Waals surface area contributed by atoms with E-state index < -0.39 is 4.92 Å². The third kappa shape index (κ3) is 3.00. The SMILES string of the molecule is Cc1ccc(CC(N)CO)cc1[N+](=O)[O-]. The molecule has 1 unspecified atom stereocenters. The van der Waals surface area contributed by atoms with E-state index in [4.69, 9.17) is 10.8 Å². The van der Waals surface area contributed by atoms with Crippen LogP contribution in [0.5, 0.6) is 0 Å². The van der Waals surface area contributed by atoms with Crippen molar-refractivity contribution in [3.8, 4) is 0 Å². The lowest BCUT2D eigenvalue weighted by Gasteiger charge is -2.08. The van der Waals surface area contributed by atoms with Crippen molar-refractivity contribution < 1.29 is 10.0 Å². The van der Waals surface area contributed by atoms with Crippen LogP contribution in [0, 0.1) is 17.0 Å². The van der Waals surface area contributed by atoms with Gasteiger partial charge in [0, 0.05) is 17.7 Å². The molecule has 0 fully saturated rings. The minimum atomic E-state index is -0.413. The van der Waals surface area contributed by atoms with E-state index in [1.54, 1.807) is 19.1 Å². The van der Waals surface area contributed by atoms with Crippen LogP contribution >= 0.6 is 0 Å². The highest BCUT2D eigenvalue weighted by molar-refractivity contribution is 5.42. The van der Waals surface area contributed by atoms with Gasteiger partial charge in [0.25, 0.3) is 5.69 Å². The van der Waals surface area contributed by atoms with E-state index in [1.807, 2.05) is 0 Å². The van der Waals surface area contributed by atoms with Gasteiger partial charge in [-0.15, -0.1) is 0 Å². The van der Waals surface area contributed by atoms with E-state index in [1.165, 1.54) is 6.07 Å². The van der Waals surface area contributed by atoms with Crippen molar-refractivity contribution in [2.24, 2.45) is 5.73 Å². The second-order valence-corrected chi connectivity index (χ2v) is 3.52. The molecule has 0 spiro atoms. The topological polar surface area (TPSA) is 89.4 Å². The van der Waals surface area contributed by atoms with Crippen molar-refractivity contribution in [3.63, 3.8) is 0 Å². The molecular formula is C10H14N2O3. The first-order valence-electron chi connectivity index (χ1n) is 4.65. The Morgan fingerprint density at radius 2 is 2.27 bits per heavy atom. The van der Waals surface area contributed by atoms with Gasteiger partial charge in [-0.3, -0.25) is 10.1 Å². The summed E-state index contributed by atoms with van der Waals surface area (Å²) in [5.41, 5.74) is 7.04. The Balaban J connectivity index is 2.92. The lowest BCUT2D eigenvalue weighted by molar-refractivity contribution is -0.385. The first-order valence-corrected chi connectivity index (χ1v) is 4.65. The Kier molecular flexibility index (Phi) is 3.76. The van der Waals surface area contributed by atoms with E-state index in [9.17, 15) is 10.1 Å². The Bertz CT molecular complexity index is 366. The van der Waals surface area contributed by atoms with Crippen molar-refractivity contribution in [1.29, 1.82) is 0 Å². The number of nitro groups is 1. The van der Waals surface area contributed by atoms with Gasteiger partial charge in [-0.2, -0.15) is 0 Å². The van der Waals surface area contributed by atoms with Crippen LogP contribution in [0.1, 0.15) is 11.1 Å². The second-order valence-electron chi connectivity index (χ2n) is 3.52. The minimum Gasteiger partial charge on any atom is -0.395 e. The van der Waals surface area contributed by atoms with Crippen LogP contribution < -0.4 is 5.73 Å². The molecule has 0 aliphatic rings. The zero-order valence-corrected chi connectivity index (χ0v) is 8.51. The number of aryl methyl sites for hydroxylation is 1. The number of nitrogens with zero attached hydrogens (tertiary/aromatic N) is 1.